The highest BCUT2D eigenvalue weighted by Gasteiger charge is 2.33. The van der Waals surface area contributed by atoms with E-state index in [0.29, 0.717) is 13.2 Å². The average molecular weight is 313 g/mol. The molecule has 22 heavy (non-hydrogen) atoms. The van der Waals surface area contributed by atoms with E-state index in [9.17, 15) is 9.59 Å². The largest absolute Gasteiger partial charge is 0.384 e. The van der Waals surface area contributed by atoms with Crippen molar-refractivity contribution in [2.45, 2.75) is 46.6 Å². The second kappa shape index (κ2) is 7.92. The average Bonchev–Trinajstić information content (AvgIpc) is 2.45. The van der Waals surface area contributed by atoms with Gasteiger partial charge >= 0.3 is 0 Å². The lowest BCUT2D eigenvalue weighted by atomic mass is 9.79. The minimum Gasteiger partial charge on any atom is -0.384 e. The van der Waals surface area contributed by atoms with Crippen LogP contribution in [0.2, 0.25) is 0 Å². The molecule has 1 heterocycles. The molecule has 0 spiro atoms. The molecule has 1 aliphatic heterocycles. The fraction of sp³-hybridized carbons (Fsp3) is 0.875. The van der Waals surface area contributed by atoms with E-state index in [1.807, 2.05) is 20.8 Å². The molecule has 1 atom stereocenters. The van der Waals surface area contributed by atoms with Gasteiger partial charge in [-0.15, -0.1) is 0 Å². The lowest BCUT2D eigenvalue weighted by Gasteiger charge is -2.37. The third-order valence-electron chi connectivity index (χ3n) is 4.17. The Morgan fingerprint density at radius 3 is 2.36 bits per heavy atom. The van der Waals surface area contributed by atoms with Crippen LogP contribution >= 0.6 is 0 Å². The van der Waals surface area contributed by atoms with Gasteiger partial charge in [0.25, 0.3) is 0 Å². The van der Waals surface area contributed by atoms with Crippen molar-refractivity contribution in [2.75, 3.05) is 33.4 Å². The van der Waals surface area contributed by atoms with Crippen LogP contribution < -0.4 is 16.0 Å². The second-order valence-electron chi connectivity index (χ2n) is 7.35. The van der Waals surface area contributed by atoms with Gasteiger partial charge in [0.1, 0.15) is 6.04 Å². The molecule has 0 aromatic carbocycles. The molecule has 128 valence electrons. The van der Waals surface area contributed by atoms with Crippen LogP contribution in [0.3, 0.4) is 0 Å². The number of carbonyl (C=O) groups is 2. The minimum atomic E-state index is -0.534. The summed E-state index contributed by atoms with van der Waals surface area (Å²) in [5.74, 6) is -0.268. The molecule has 0 bridgehead atoms. The van der Waals surface area contributed by atoms with E-state index in [1.165, 1.54) is 0 Å². The Balaban J connectivity index is 2.51. The maximum Gasteiger partial charge on any atom is 0.242 e. The lowest BCUT2D eigenvalue weighted by molar-refractivity contribution is -0.133. The molecule has 1 unspecified atom stereocenters. The van der Waals surface area contributed by atoms with Gasteiger partial charge in [0, 0.05) is 24.5 Å². The highest BCUT2D eigenvalue weighted by Crippen LogP contribution is 2.28. The van der Waals surface area contributed by atoms with Gasteiger partial charge < -0.3 is 20.7 Å². The number of rotatable bonds is 6. The first-order valence-electron chi connectivity index (χ1n) is 7.98. The Morgan fingerprint density at radius 2 is 1.86 bits per heavy atom. The molecule has 0 radical (unpaired) electrons. The van der Waals surface area contributed by atoms with Gasteiger partial charge in [0.2, 0.25) is 11.8 Å². The number of carbonyl (C=O) groups excluding carboxylic acids is 2. The normalized spacial score (nSPS) is 19.3. The molecular formula is C16H31N3O3. The molecule has 0 aromatic rings. The summed E-state index contributed by atoms with van der Waals surface area (Å²) in [5.41, 5.74) is -0.510. The maximum absolute atomic E-state index is 12.2. The molecule has 1 fully saturated rings. The molecule has 0 aliphatic carbocycles. The Labute approximate surface area is 133 Å². The van der Waals surface area contributed by atoms with E-state index in [2.05, 4.69) is 16.0 Å². The van der Waals surface area contributed by atoms with Crippen LogP contribution in [0.4, 0.5) is 0 Å². The summed E-state index contributed by atoms with van der Waals surface area (Å²) in [4.78, 5) is 24.1. The highest BCUT2D eigenvalue weighted by molar-refractivity contribution is 5.89. The summed E-state index contributed by atoms with van der Waals surface area (Å²) < 4.78 is 5.34. The zero-order valence-corrected chi connectivity index (χ0v) is 14.5. The van der Waals surface area contributed by atoms with Crippen molar-refractivity contribution in [3.05, 3.63) is 0 Å². The number of ether oxygens (including phenoxy) is 1. The molecule has 0 aromatic heterocycles. The smallest absolute Gasteiger partial charge is 0.242 e. The van der Waals surface area contributed by atoms with Gasteiger partial charge in [-0.2, -0.15) is 0 Å². The molecule has 1 saturated heterocycles. The topological polar surface area (TPSA) is 79.5 Å². The molecule has 6 heteroatoms. The van der Waals surface area contributed by atoms with Crippen LogP contribution in [0.5, 0.6) is 0 Å². The van der Waals surface area contributed by atoms with Gasteiger partial charge in [0.05, 0.1) is 6.61 Å². The van der Waals surface area contributed by atoms with Crippen LogP contribution in [-0.4, -0.2) is 51.2 Å². The summed E-state index contributed by atoms with van der Waals surface area (Å²) in [6.07, 6.45) is 1.95. The SMILES string of the molecule is COCC1(CNC(=O)C(C)NC(=O)C(C)(C)C)CCNCC1. The first-order chi connectivity index (χ1) is 10.2. The van der Waals surface area contributed by atoms with Crippen molar-refractivity contribution >= 4 is 11.8 Å². The van der Waals surface area contributed by atoms with Gasteiger partial charge in [0.15, 0.2) is 0 Å². The second-order valence-corrected chi connectivity index (χ2v) is 7.35. The Morgan fingerprint density at radius 1 is 1.27 bits per heavy atom. The molecule has 0 saturated carbocycles. The van der Waals surface area contributed by atoms with Crippen LogP contribution in [0.1, 0.15) is 40.5 Å². The van der Waals surface area contributed by atoms with Crippen molar-refractivity contribution in [1.29, 1.82) is 0 Å². The molecule has 3 N–H and O–H groups in total. The van der Waals surface area contributed by atoms with Crippen LogP contribution in [0.25, 0.3) is 0 Å². The standard InChI is InChI=1S/C16H31N3O3/c1-12(19-14(21)15(2,3)4)13(20)18-10-16(11-22-5)6-8-17-9-7-16/h12,17H,6-11H2,1-5H3,(H,18,20)(H,19,21). The Bertz CT molecular complexity index is 379. The molecule has 2 amide bonds. The van der Waals surface area contributed by atoms with Gasteiger partial charge in [-0.1, -0.05) is 20.8 Å². The number of nitrogens with one attached hydrogen (secondary N) is 3. The summed E-state index contributed by atoms with van der Waals surface area (Å²) in [7, 11) is 1.69. The molecule has 6 nitrogen and oxygen atoms in total. The summed E-state index contributed by atoms with van der Waals surface area (Å²) in [5, 5.41) is 9.06. The first-order valence-corrected chi connectivity index (χ1v) is 7.98. The quantitative estimate of drug-likeness (QED) is 0.673. The molecule has 1 rings (SSSR count). The van der Waals surface area contributed by atoms with Crippen molar-refractivity contribution in [1.82, 2.24) is 16.0 Å². The van der Waals surface area contributed by atoms with Crippen molar-refractivity contribution in [2.24, 2.45) is 10.8 Å². The minimum absolute atomic E-state index is 0.0105. The fourth-order valence-corrected chi connectivity index (χ4v) is 2.54. The summed E-state index contributed by atoms with van der Waals surface area (Å²) in [6, 6.07) is -0.534. The third kappa shape index (κ3) is 5.57. The van der Waals surface area contributed by atoms with Crippen LogP contribution in [0.15, 0.2) is 0 Å². The summed E-state index contributed by atoms with van der Waals surface area (Å²) in [6.45, 7) is 10.3. The molecule has 1 aliphatic rings. The zero-order chi connectivity index (χ0) is 16.8. The van der Waals surface area contributed by atoms with E-state index < -0.39 is 11.5 Å². The highest BCUT2D eigenvalue weighted by atomic mass is 16.5. The fourth-order valence-electron chi connectivity index (χ4n) is 2.54. The van der Waals surface area contributed by atoms with E-state index in [4.69, 9.17) is 4.74 Å². The van der Waals surface area contributed by atoms with E-state index in [-0.39, 0.29) is 17.2 Å². The van der Waals surface area contributed by atoms with Crippen molar-refractivity contribution < 1.29 is 14.3 Å². The predicted molar refractivity (Wildman–Crippen MR) is 86.5 cm³/mol. The number of hydrogen-bond acceptors (Lipinski definition) is 4. The van der Waals surface area contributed by atoms with Crippen LogP contribution in [0, 0.1) is 10.8 Å². The Kier molecular flexibility index (Phi) is 6.81. The van der Waals surface area contributed by atoms with E-state index >= 15 is 0 Å². The monoisotopic (exact) mass is 313 g/mol. The van der Waals surface area contributed by atoms with E-state index in [1.54, 1.807) is 14.0 Å². The number of amides is 2. The first kappa shape index (κ1) is 18.9. The van der Waals surface area contributed by atoms with Gasteiger partial charge in [-0.05, 0) is 32.9 Å². The Hall–Kier alpha value is -1.14. The van der Waals surface area contributed by atoms with Gasteiger partial charge in [-0.3, -0.25) is 9.59 Å². The van der Waals surface area contributed by atoms with E-state index in [0.717, 1.165) is 25.9 Å². The summed E-state index contributed by atoms with van der Waals surface area (Å²) >= 11 is 0. The van der Waals surface area contributed by atoms with Crippen molar-refractivity contribution in [3.63, 3.8) is 0 Å². The number of hydrogen-bond donors (Lipinski definition) is 3. The van der Waals surface area contributed by atoms with Crippen LogP contribution in [-0.2, 0) is 14.3 Å². The lowest BCUT2D eigenvalue weighted by Crippen LogP contribution is -2.52. The predicted octanol–water partition coefficient (Wildman–Crippen LogP) is 0.670. The third-order valence-corrected chi connectivity index (χ3v) is 4.17. The van der Waals surface area contributed by atoms with Gasteiger partial charge in [-0.25, -0.2) is 0 Å². The number of methoxy groups -OCH3 is 1. The van der Waals surface area contributed by atoms with Crippen molar-refractivity contribution in [3.8, 4) is 0 Å². The zero-order valence-electron chi connectivity index (χ0n) is 14.5. The number of piperidine rings is 1. The maximum atomic E-state index is 12.2. The molecular weight excluding hydrogens is 282 g/mol.